The SMILES string of the molecule is CC12C=CC(=O)C=C1CCC1C2C(O)CC2(C)C(C(=O)COS(C)(=O)=O)CCC12. The summed E-state index contributed by atoms with van der Waals surface area (Å²) >= 11 is 0. The zero-order valence-corrected chi connectivity index (χ0v) is 18.1. The van der Waals surface area contributed by atoms with Crippen molar-refractivity contribution in [2.45, 2.75) is 52.1 Å². The first-order valence-corrected chi connectivity index (χ1v) is 12.3. The lowest BCUT2D eigenvalue weighted by Crippen LogP contribution is -2.56. The molecule has 0 spiro atoms. The highest BCUT2D eigenvalue weighted by Gasteiger charge is 2.62. The molecule has 0 bridgehead atoms. The molecular weight excluding hydrogens is 392 g/mol. The largest absolute Gasteiger partial charge is 0.393 e. The molecule has 0 aromatic heterocycles. The number of rotatable bonds is 4. The molecule has 0 radical (unpaired) electrons. The predicted octanol–water partition coefficient (Wildman–Crippen LogP) is 2.43. The number of carbonyl (C=O) groups is 2. The molecule has 1 N–H and O–H groups in total. The van der Waals surface area contributed by atoms with Gasteiger partial charge in [-0.1, -0.05) is 25.5 Å². The first-order chi connectivity index (χ1) is 13.5. The Hall–Kier alpha value is -1.31. The van der Waals surface area contributed by atoms with E-state index in [-0.39, 0.29) is 40.2 Å². The van der Waals surface area contributed by atoms with Crippen LogP contribution >= 0.6 is 0 Å². The number of aliphatic hydroxyl groups is 1. The minimum Gasteiger partial charge on any atom is -0.393 e. The molecule has 4 aliphatic rings. The molecule has 3 saturated carbocycles. The number of carbonyl (C=O) groups excluding carboxylic acids is 2. The highest BCUT2D eigenvalue weighted by molar-refractivity contribution is 7.86. The van der Waals surface area contributed by atoms with Gasteiger partial charge in [0.2, 0.25) is 0 Å². The van der Waals surface area contributed by atoms with Crippen LogP contribution in [-0.4, -0.2) is 44.1 Å². The van der Waals surface area contributed by atoms with Gasteiger partial charge in [0.05, 0.1) is 12.4 Å². The van der Waals surface area contributed by atoms with Gasteiger partial charge in [-0.25, -0.2) is 0 Å². The standard InChI is InChI=1S/C22H30O6S/c1-21-9-8-14(23)10-13(21)4-5-15-16-6-7-17(19(25)12-28-29(3,26)27)22(16,2)11-18(24)20(15)21/h8-10,15-18,20,24H,4-7,11-12H2,1-3H3. The zero-order chi connectivity index (χ0) is 21.2. The molecule has 0 saturated heterocycles. The average molecular weight is 423 g/mol. The summed E-state index contributed by atoms with van der Waals surface area (Å²) in [7, 11) is -3.67. The lowest BCUT2D eigenvalue weighted by atomic mass is 9.46. The van der Waals surface area contributed by atoms with Crippen LogP contribution in [0.25, 0.3) is 0 Å². The van der Waals surface area contributed by atoms with E-state index in [0.717, 1.165) is 31.1 Å². The summed E-state index contributed by atoms with van der Waals surface area (Å²) in [6.07, 6.45) is 9.57. The molecule has 29 heavy (non-hydrogen) atoms. The maximum atomic E-state index is 12.8. The summed E-state index contributed by atoms with van der Waals surface area (Å²) in [4.78, 5) is 24.7. The second-order valence-electron chi connectivity index (χ2n) is 9.86. The number of allylic oxidation sites excluding steroid dienone is 4. The van der Waals surface area contributed by atoms with Gasteiger partial charge in [-0.2, -0.15) is 8.42 Å². The van der Waals surface area contributed by atoms with Crippen molar-refractivity contribution in [2.24, 2.45) is 34.5 Å². The van der Waals surface area contributed by atoms with Crippen LogP contribution < -0.4 is 0 Å². The molecule has 7 atom stereocenters. The Morgan fingerprint density at radius 2 is 2.00 bits per heavy atom. The normalized spacial score (nSPS) is 43.9. The molecule has 0 amide bonds. The van der Waals surface area contributed by atoms with Gasteiger partial charge in [-0.3, -0.25) is 13.8 Å². The van der Waals surface area contributed by atoms with Gasteiger partial charge in [0.25, 0.3) is 10.1 Å². The number of fused-ring (bicyclic) bond motifs is 5. The van der Waals surface area contributed by atoms with E-state index in [1.165, 1.54) is 0 Å². The summed E-state index contributed by atoms with van der Waals surface area (Å²) < 4.78 is 27.4. The molecule has 160 valence electrons. The van der Waals surface area contributed by atoms with Crippen molar-refractivity contribution in [3.05, 3.63) is 23.8 Å². The van der Waals surface area contributed by atoms with Gasteiger partial charge in [-0.15, -0.1) is 0 Å². The second-order valence-corrected chi connectivity index (χ2v) is 11.5. The average Bonchev–Trinajstić information content (AvgIpc) is 2.96. The van der Waals surface area contributed by atoms with Gasteiger partial charge in [0, 0.05) is 17.3 Å². The highest BCUT2D eigenvalue weighted by atomic mass is 32.2. The Bertz CT molecular complexity index is 902. The van der Waals surface area contributed by atoms with E-state index in [2.05, 4.69) is 13.8 Å². The smallest absolute Gasteiger partial charge is 0.264 e. The fourth-order valence-electron chi connectivity index (χ4n) is 7.12. The third-order valence-electron chi connectivity index (χ3n) is 8.30. The molecular formula is C22H30O6S. The third kappa shape index (κ3) is 3.35. The van der Waals surface area contributed by atoms with Crippen molar-refractivity contribution in [1.29, 1.82) is 0 Å². The van der Waals surface area contributed by atoms with Crippen LogP contribution in [0.2, 0.25) is 0 Å². The van der Waals surface area contributed by atoms with Crippen molar-refractivity contribution in [3.8, 4) is 0 Å². The van der Waals surface area contributed by atoms with E-state index in [1.807, 2.05) is 6.08 Å². The van der Waals surface area contributed by atoms with E-state index in [9.17, 15) is 23.1 Å². The third-order valence-corrected chi connectivity index (χ3v) is 8.84. The molecule has 0 aliphatic heterocycles. The Morgan fingerprint density at radius 3 is 2.69 bits per heavy atom. The second kappa shape index (κ2) is 6.86. The maximum absolute atomic E-state index is 12.8. The number of hydrogen-bond acceptors (Lipinski definition) is 6. The van der Waals surface area contributed by atoms with Crippen LogP contribution in [0.3, 0.4) is 0 Å². The van der Waals surface area contributed by atoms with Crippen molar-refractivity contribution in [1.82, 2.24) is 0 Å². The minimum atomic E-state index is -3.67. The minimum absolute atomic E-state index is 0.0171. The van der Waals surface area contributed by atoms with Crippen LogP contribution in [-0.2, 0) is 23.9 Å². The van der Waals surface area contributed by atoms with E-state index < -0.39 is 22.8 Å². The molecule has 0 heterocycles. The lowest BCUT2D eigenvalue weighted by Gasteiger charge is -2.58. The van der Waals surface area contributed by atoms with Crippen LogP contribution in [0.15, 0.2) is 23.8 Å². The number of hydrogen-bond donors (Lipinski definition) is 1. The number of Topliss-reactive ketones (excluding diaryl/α,β-unsaturated/α-hetero) is 1. The van der Waals surface area contributed by atoms with E-state index >= 15 is 0 Å². The van der Waals surface area contributed by atoms with Crippen molar-refractivity contribution in [2.75, 3.05) is 12.9 Å². The number of ketones is 2. The van der Waals surface area contributed by atoms with Crippen LogP contribution in [0, 0.1) is 34.5 Å². The zero-order valence-electron chi connectivity index (χ0n) is 17.3. The Balaban J connectivity index is 1.61. The first kappa shape index (κ1) is 20.9. The van der Waals surface area contributed by atoms with E-state index in [1.54, 1.807) is 12.2 Å². The topological polar surface area (TPSA) is 97.7 Å². The van der Waals surface area contributed by atoms with Gasteiger partial charge in [0.15, 0.2) is 11.6 Å². The van der Waals surface area contributed by atoms with Crippen molar-refractivity contribution >= 4 is 21.7 Å². The molecule has 6 nitrogen and oxygen atoms in total. The Morgan fingerprint density at radius 1 is 1.28 bits per heavy atom. The summed E-state index contributed by atoms with van der Waals surface area (Å²) in [5, 5.41) is 11.3. The van der Waals surface area contributed by atoms with Gasteiger partial charge < -0.3 is 5.11 Å². The van der Waals surface area contributed by atoms with E-state index in [0.29, 0.717) is 18.8 Å². The molecule has 4 rings (SSSR count). The summed E-state index contributed by atoms with van der Waals surface area (Å²) in [6.45, 7) is 3.79. The van der Waals surface area contributed by atoms with Gasteiger partial charge >= 0.3 is 0 Å². The Labute approximate surface area is 172 Å². The molecule has 4 aliphatic carbocycles. The predicted molar refractivity (Wildman–Crippen MR) is 107 cm³/mol. The van der Waals surface area contributed by atoms with Gasteiger partial charge in [0.1, 0.15) is 6.61 Å². The molecule has 0 aromatic rings. The van der Waals surface area contributed by atoms with Crippen molar-refractivity contribution in [3.63, 3.8) is 0 Å². The molecule has 7 unspecified atom stereocenters. The van der Waals surface area contributed by atoms with Gasteiger partial charge in [-0.05, 0) is 61.5 Å². The van der Waals surface area contributed by atoms with Crippen LogP contribution in [0.5, 0.6) is 0 Å². The maximum Gasteiger partial charge on any atom is 0.264 e. The molecule has 0 aromatic carbocycles. The lowest BCUT2D eigenvalue weighted by molar-refractivity contribution is -0.140. The monoisotopic (exact) mass is 422 g/mol. The molecule has 3 fully saturated rings. The van der Waals surface area contributed by atoms with Crippen molar-refractivity contribution < 1.29 is 27.3 Å². The van der Waals surface area contributed by atoms with E-state index in [4.69, 9.17) is 4.18 Å². The summed E-state index contributed by atoms with van der Waals surface area (Å²) in [5.74, 6) is 0.147. The molecule has 7 heteroatoms. The quantitative estimate of drug-likeness (QED) is 0.699. The van der Waals surface area contributed by atoms with Crippen LogP contribution in [0.1, 0.15) is 46.0 Å². The number of aliphatic hydroxyl groups excluding tert-OH is 1. The first-order valence-electron chi connectivity index (χ1n) is 10.4. The summed E-state index contributed by atoms with van der Waals surface area (Å²) in [5.41, 5.74) is 0.435. The summed E-state index contributed by atoms with van der Waals surface area (Å²) in [6, 6.07) is 0. The highest BCUT2D eigenvalue weighted by Crippen LogP contribution is 2.66. The fraction of sp³-hybridized carbons (Fsp3) is 0.727. The van der Waals surface area contributed by atoms with Crippen LogP contribution in [0.4, 0.5) is 0 Å². The fourth-order valence-corrected chi connectivity index (χ4v) is 7.45. The Kier molecular flexibility index (Phi) is 4.95.